The van der Waals surface area contributed by atoms with Crippen LogP contribution in [0.3, 0.4) is 0 Å². The lowest BCUT2D eigenvalue weighted by Crippen LogP contribution is -2.23. The fourth-order valence-electron chi connectivity index (χ4n) is 1.79. The maximum atomic E-state index is 12.2. The third-order valence-corrected chi connectivity index (χ3v) is 3.60. The van der Waals surface area contributed by atoms with E-state index in [-0.39, 0.29) is 10.6 Å². The number of hydrogen-bond donors (Lipinski definition) is 2. The van der Waals surface area contributed by atoms with E-state index in [1.807, 2.05) is 18.2 Å². The minimum absolute atomic E-state index is 0.0984. The second kappa shape index (κ2) is 6.31. The Balaban J connectivity index is 2.18. The van der Waals surface area contributed by atoms with Gasteiger partial charge in [-0.1, -0.05) is 30.3 Å². The van der Waals surface area contributed by atoms with Crippen molar-refractivity contribution >= 4 is 28.9 Å². The Morgan fingerprint density at radius 1 is 1.25 bits per heavy atom. The summed E-state index contributed by atoms with van der Waals surface area (Å²) in [5.74, 6) is -1.47. The Hall–Kier alpha value is -2.18. The number of ether oxygens (including phenoxy) is 1. The first-order valence-corrected chi connectivity index (χ1v) is 6.71. The Bertz CT molecular complexity index is 609. The highest BCUT2D eigenvalue weighted by Gasteiger charge is 2.22. The molecule has 1 amide bonds. The van der Waals surface area contributed by atoms with Gasteiger partial charge in [-0.2, -0.15) is 0 Å². The van der Waals surface area contributed by atoms with Crippen LogP contribution in [-0.2, 0) is 9.53 Å². The third kappa shape index (κ3) is 3.04. The van der Waals surface area contributed by atoms with Crippen LogP contribution in [0.1, 0.15) is 21.3 Å². The van der Waals surface area contributed by atoms with Crippen LogP contribution in [0, 0.1) is 0 Å². The Morgan fingerprint density at radius 3 is 2.55 bits per heavy atom. The SMILES string of the molecule is COC(C(=O)Nc1ccsc1C(=O)O)c1ccccc1. The molecule has 1 unspecified atom stereocenters. The van der Waals surface area contributed by atoms with E-state index >= 15 is 0 Å². The van der Waals surface area contributed by atoms with Gasteiger partial charge in [0.25, 0.3) is 5.91 Å². The molecule has 104 valence electrons. The molecule has 1 aromatic heterocycles. The van der Waals surface area contributed by atoms with E-state index < -0.39 is 18.0 Å². The van der Waals surface area contributed by atoms with Gasteiger partial charge in [-0.25, -0.2) is 4.79 Å². The third-order valence-electron chi connectivity index (χ3n) is 2.69. The first-order valence-electron chi connectivity index (χ1n) is 5.83. The van der Waals surface area contributed by atoms with Crippen molar-refractivity contribution in [2.45, 2.75) is 6.10 Å². The van der Waals surface area contributed by atoms with Crippen LogP contribution in [0.5, 0.6) is 0 Å². The average Bonchev–Trinajstić information content (AvgIpc) is 2.89. The number of hydrogen-bond acceptors (Lipinski definition) is 4. The van der Waals surface area contributed by atoms with Crippen molar-refractivity contribution in [1.29, 1.82) is 0 Å². The van der Waals surface area contributed by atoms with Gasteiger partial charge in [-0.05, 0) is 17.0 Å². The van der Waals surface area contributed by atoms with E-state index in [9.17, 15) is 9.59 Å². The summed E-state index contributed by atoms with van der Waals surface area (Å²) >= 11 is 1.06. The summed E-state index contributed by atoms with van der Waals surface area (Å²) in [7, 11) is 1.43. The Kier molecular flexibility index (Phi) is 4.49. The number of anilines is 1. The summed E-state index contributed by atoms with van der Waals surface area (Å²) in [4.78, 5) is 23.3. The number of methoxy groups -OCH3 is 1. The van der Waals surface area contributed by atoms with Crippen LogP contribution in [-0.4, -0.2) is 24.1 Å². The number of carbonyl (C=O) groups excluding carboxylic acids is 1. The molecule has 0 saturated heterocycles. The molecule has 0 spiro atoms. The van der Waals surface area contributed by atoms with Crippen molar-refractivity contribution in [3.8, 4) is 0 Å². The monoisotopic (exact) mass is 291 g/mol. The highest BCUT2D eigenvalue weighted by atomic mass is 32.1. The summed E-state index contributed by atoms with van der Waals surface area (Å²) in [6.45, 7) is 0. The van der Waals surface area contributed by atoms with Gasteiger partial charge in [0, 0.05) is 7.11 Å². The molecule has 0 aliphatic rings. The van der Waals surface area contributed by atoms with E-state index in [1.165, 1.54) is 7.11 Å². The van der Waals surface area contributed by atoms with Crippen LogP contribution in [0.4, 0.5) is 5.69 Å². The van der Waals surface area contributed by atoms with E-state index in [1.54, 1.807) is 23.6 Å². The maximum absolute atomic E-state index is 12.2. The first-order chi connectivity index (χ1) is 9.63. The Morgan fingerprint density at radius 2 is 1.95 bits per heavy atom. The standard InChI is InChI=1S/C14H13NO4S/c1-19-11(9-5-3-2-4-6-9)13(16)15-10-7-8-20-12(10)14(17)18/h2-8,11H,1H3,(H,15,16)(H,17,18). The predicted octanol–water partition coefficient (Wildman–Crippen LogP) is 2.77. The van der Waals surface area contributed by atoms with Gasteiger partial charge in [0.2, 0.25) is 0 Å². The van der Waals surface area contributed by atoms with Crippen molar-refractivity contribution < 1.29 is 19.4 Å². The topological polar surface area (TPSA) is 75.6 Å². The molecule has 0 aliphatic heterocycles. The van der Waals surface area contributed by atoms with E-state index in [0.717, 1.165) is 11.3 Å². The van der Waals surface area contributed by atoms with Gasteiger partial charge >= 0.3 is 5.97 Å². The fraction of sp³-hybridized carbons (Fsp3) is 0.143. The van der Waals surface area contributed by atoms with Gasteiger partial charge in [0.1, 0.15) is 4.88 Å². The summed E-state index contributed by atoms with van der Waals surface area (Å²) in [5.41, 5.74) is 0.991. The molecule has 1 heterocycles. The number of nitrogens with one attached hydrogen (secondary N) is 1. The van der Waals surface area contributed by atoms with Crippen molar-refractivity contribution in [3.05, 3.63) is 52.2 Å². The molecular weight excluding hydrogens is 278 g/mol. The van der Waals surface area contributed by atoms with Crippen molar-refractivity contribution in [1.82, 2.24) is 0 Å². The molecule has 2 N–H and O–H groups in total. The highest BCUT2D eigenvalue weighted by Crippen LogP contribution is 2.25. The molecule has 0 saturated carbocycles. The quantitative estimate of drug-likeness (QED) is 0.888. The lowest BCUT2D eigenvalue weighted by molar-refractivity contribution is -0.126. The minimum Gasteiger partial charge on any atom is -0.477 e. The smallest absolute Gasteiger partial charge is 0.348 e. The number of benzene rings is 1. The number of amides is 1. The predicted molar refractivity (Wildman–Crippen MR) is 76.1 cm³/mol. The molecule has 0 bridgehead atoms. The normalized spacial score (nSPS) is 11.8. The van der Waals surface area contributed by atoms with E-state index in [2.05, 4.69) is 5.32 Å². The first kappa shape index (κ1) is 14.2. The van der Waals surface area contributed by atoms with Gasteiger partial charge < -0.3 is 15.2 Å². The largest absolute Gasteiger partial charge is 0.477 e. The molecule has 2 aromatic rings. The lowest BCUT2D eigenvalue weighted by atomic mass is 10.1. The van der Waals surface area contributed by atoms with Crippen molar-refractivity contribution in [2.24, 2.45) is 0 Å². The van der Waals surface area contributed by atoms with Crippen LogP contribution in [0.15, 0.2) is 41.8 Å². The molecule has 0 fully saturated rings. The lowest BCUT2D eigenvalue weighted by Gasteiger charge is -2.15. The second-order valence-electron chi connectivity index (χ2n) is 3.98. The van der Waals surface area contributed by atoms with Gasteiger partial charge in [-0.3, -0.25) is 4.79 Å². The Labute approximate surface area is 119 Å². The second-order valence-corrected chi connectivity index (χ2v) is 4.90. The average molecular weight is 291 g/mol. The van der Waals surface area contributed by atoms with Crippen LogP contribution < -0.4 is 5.32 Å². The molecule has 5 nitrogen and oxygen atoms in total. The van der Waals surface area contributed by atoms with Crippen LogP contribution >= 0.6 is 11.3 Å². The number of rotatable bonds is 5. The molecule has 2 rings (SSSR count). The zero-order chi connectivity index (χ0) is 14.5. The molecule has 0 radical (unpaired) electrons. The van der Waals surface area contributed by atoms with Gasteiger partial charge in [-0.15, -0.1) is 11.3 Å². The molecule has 1 atom stereocenters. The molecular formula is C14H13NO4S. The van der Waals surface area contributed by atoms with Gasteiger partial charge in [0.05, 0.1) is 5.69 Å². The van der Waals surface area contributed by atoms with Crippen molar-refractivity contribution in [2.75, 3.05) is 12.4 Å². The fourth-order valence-corrected chi connectivity index (χ4v) is 2.48. The zero-order valence-corrected chi connectivity index (χ0v) is 11.5. The number of aromatic carboxylic acids is 1. The molecule has 6 heteroatoms. The van der Waals surface area contributed by atoms with Crippen LogP contribution in [0.25, 0.3) is 0 Å². The summed E-state index contributed by atoms with van der Waals surface area (Å²) < 4.78 is 5.19. The number of carboxylic acid groups (broad SMARTS) is 1. The number of thiophene rings is 1. The highest BCUT2D eigenvalue weighted by molar-refractivity contribution is 7.12. The summed E-state index contributed by atoms with van der Waals surface area (Å²) in [6, 6.07) is 10.6. The maximum Gasteiger partial charge on any atom is 0.348 e. The number of carbonyl (C=O) groups is 2. The van der Waals surface area contributed by atoms with Gasteiger partial charge in [0.15, 0.2) is 6.10 Å². The number of carboxylic acids is 1. The summed E-state index contributed by atoms with van der Waals surface area (Å²) in [6.07, 6.45) is -0.780. The van der Waals surface area contributed by atoms with Crippen molar-refractivity contribution in [3.63, 3.8) is 0 Å². The van der Waals surface area contributed by atoms with Crippen LogP contribution in [0.2, 0.25) is 0 Å². The van der Waals surface area contributed by atoms with E-state index in [4.69, 9.17) is 9.84 Å². The minimum atomic E-state index is -1.07. The molecule has 1 aromatic carbocycles. The molecule has 20 heavy (non-hydrogen) atoms. The van der Waals surface area contributed by atoms with E-state index in [0.29, 0.717) is 5.56 Å². The summed E-state index contributed by atoms with van der Waals surface area (Å²) in [5, 5.41) is 13.2. The zero-order valence-electron chi connectivity index (χ0n) is 10.7. The molecule has 0 aliphatic carbocycles.